The van der Waals surface area contributed by atoms with Crippen molar-refractivity contribution in [3.05, 3.63) is 72.3 Å². The van der Waals surface area contributed by atoms with Crippen LogP contribution in [-0.4, -0.2) is 30.9 Å². The molecule has 0 spiro atoms. The zero-order chi connectivity index (χ0) is 19.5. The number of rotatable bonds is 6. The molecule has 142 valence electrons. The van der Waals surface area contributed by atoms with Crippen molar-refractivity contribution in [1.29, 1.82) is 0 Å². The van der Waals surface area contributed by atoms with Crippen LogP contribution in [0, 0.1) is 0 Å². The number of hydrogen-bond donors (Lipinski definition) is 0. The molecule has 4 aromatic rings. The summed E-state index contributed by atoms with van der Waals surface area (Å²) in [5, 5.41) is 0. The molecule has 0 amide bonds. The van der Waals surface area contributed by atoms with Crippen molar-refractivity contribution in [2.45, 2.75) is 6.54 Å². The molecule has 28 heavy (non-hydrogen) atoms. The van der Waals surface area contributed by atoms with Crippen molar-refractivity contribution in [2.24, 2.45) is 0 Å². The number of imidazole rings is 1. The maximum absolute atomic E-state index is 5.55. The smallest absolute Gasteiger partial charge is 0.161 e. The Kier molecular flexibility index (Phi) is 4.89. The highest BCUT2D eigenvalue weighted by atomic mass is 16.5. The van der Waals surface area contributed by atoms with Gasteiger partial charge < -0.3 is 18.8 Å². The van der Waals surface area contributed by atoms with E-state index in [1.165, 1.54) is 0 Å². The molecule has 0 bridgehead atoms. The molecule has 0 saturated heterocycles. The lowest BCUT2D eigenvalue weighted by atomic mass is 10.1. The van der Waals surface area contributed by atoms with Crippen molar-refractivity contribution in [3.63, 3.8) is 0 Å². The van der Waals surface area contributed by atoms with E-state index in [-0.39, 0.29) is 0 Å². The molecule has 5 heteroatoms. The largest absolute Gasteiger partial charge is 0.496 e. The Bertz CT molecular complexity index is 1120. The molecule has 0 aliphatic carbocycles. The predicted molar refractivity (Wildman–Crippen MR) is 110 cm³/mol. The van der Waals surface area contributed by atoms with Gasteiger partial charge in [-0.1, -0.05) is 30.3 Å². The van der Waals surface area contributed by atoms with Gasteiger partial charge in [0.25, 0.3) is 0 Å². The number of methoxy groups -OCH3 is 3. The second-order valence-corrected chi connectivity index (χ2v) is 6.39. The molecular formula is C23H22N2O3. The van der Waals surface area contributed by atoms with Crippen LogP contribution >= 0.6 is 0 Å². The van der Waals surface area contributed by atoms with Crippen molar-refractivity contribution in [3.8, 4) is 28.6 Å². The van der Waals surface area contributed by atoms with Crippen LogP contribution in [-0.2, 0) is 6.54 Å². The lowest BCUT2D eigenvalue weighted by Crippen LogP contribution is -2.04. The summed E-state index contributed by atoms with van der Waals surface area (Å²) < 4.78 is 18.6. The van der Waals surface area contributed by atoms with E-state index in [9.17, 15) is 0 Å². The van der Waals surface area contributed by atoms with Crippen LogP contribution in [0.15, 0.2) is 66.7 Å². The summed E-state index contributed by atoms with van der Waals surface area (Å²) in [4.78, 5) is 4.89. The quantitative estimate of drug-likeness (QED) is 0.487. The molecule has 0 N–H and O–H groups in total. The first-order valence-corrected chi connectivity index (χ1v) is 9.04. The molecule has 1 aromatic heterocycles. The van der Waals surface area contributed by atoms with Gasteiger partial charge in [0.05, 0.1) is 38.9 Å². The van der Waals surface area contributed by atoms with E-state index in [0.717, 1.165) is 33.7 Å². The second-order valence-electron chi connectivity index (χ2n) is 6.39. The molecule has 5 nitrogen and oxygen atoms in total. The minimum absolute atomic E-state index is 0.647. The first-order valence-electron chi connectivity index (χ1n) is 9.04. The van der Waals surface area contributed by atoms with Crippen LogP contribution in [0.25, 0.3) is 22.4 Å². The van der Waals surface area contributed by atoms with Crippen molar-refractivity contribution < 1.29 is 14.2 Å². The maximum atomic E-state index is 5.55. The topological polar surface area (TPSA) is 45.5 Å². The fourth-order valence-electron chi connectivity index (χ4n) is 3.44. The van der Waals surface area contributed by atoms with Crippen LogP contribution in [0.3, 0.4) is 0 Å². The van der Waals surface area contributed by atoms with Crippen LogP contribution < -0.4 is 14.2 Å². The summed E-state index contributed by atoms with van der Waals surface area (Å²) in [6.07, 6.45) is 0. The molecule has 0 aliphatic rings. The van der Waals surface area contributed by atoms with Crippen LogP contribution in [0.5, 0.6) is 17.2 Å². The van der Waals surface area contributed by atoms with E-state index in [0.29, 0.717) is 18.0 Å². The predicted octanol–water partition coefficient (Wildman–Crippen LogP) is 4.78. The fraction of sp³-hybridized carbons (Fsp3) is 0.174. The Morgan fingerprint density at radius 2 is 1.46 bits per heavy atom. The van der Waals surface area contributed by atoms with E-state index in [1.807, 2.05) is 54.6 Å². The van der Waals surface area contributed by atoms with E-state index >= 15 is 0 Å². The summed E-state index contributed by atoms with van der Waals surface area (Å²) in [6, 6.07) is 22.1. The lowest BCUT2D eigenvalue weighted by molar-refractivity contribution is 0.355. The summed E-state index contributed by atoms with van der Waals surface area (Å²) in [6.45, 7) is 0.647. The van der Waals surface area contributed by atoms with Crippen molar-refractivity contribution >= 4 is 11.0 Å². The Labute approximate surface area is 164 Å². The maximum Gasteiger partial charge on any atom is 0.161 e. The minimum atomic E-state index is 0.647. The lowest BCUT2D eigenvalue weighted by Gasteiger charge is -2.14. The highest BCUT2D eigenvalue weighted by Gasteiger charge is 2.16. The molecule has 0 atom stereocenters. The van der Waals surface area contributed by atoms with Gasteiger partial charge in [-0.25, -0.2) is 4.98 Å². The summed E-state index contributed by atoms with van der Waals surface area (Å²) in [5.41, 5.74) is 4.07. The third-order valence-corrected chi connectivity index (χ3v) is 4.82. The summed E-state index contributed by atoms with van der Waals surface area (Å²) in [5.74, 6) is 3.10. The zero-order valence-electron chi connectivity index (χ0n) is 16.2. The van der Waals surface area contributed by atoms with Crippen molar-refractivity contribution in [2.75, 3.05) is 21.3 Å². The number of fused-ring (bicyclic) bond motifs is 1. The average Bonchev–Trinajstić information content (AvgIpc) is 3.12. The van der Waals surface area contributed by atoms with Crippen molar-refractivity contribution in [1.82, 2.24) is 9.55 Å². The number of aromatic nitrogens is 2. The molecule has 0 fully saturated rings. The monoisotopic (exact) mass is 374 g/mol. The molecule has 0 unspecified atom stereocenters. The Morgan fingerprint density at radius 3 is 2.25 bits per heavy atom. The van der Waals surface area contributed by atoms with Gasteiger partial charge >= 0.3 is 0 Å². The molecule has 4 rings (SSSR count). The van der Waals surface area contributed by atoms with Gasteiger partial charge in [-0.3, -0.25) is 0 Å². The normalized spacial score (nSPS) is 10.8. The van der Waals surface area contributed by atoms with E-state index in [1.54, 1.807) is 21.3 Å². The Balaban J connectivity index is 1.89. The SMILES string of the molecule is COc1ccccc1Cn1c(-c2ccc(OC)c(OC)c2)nc2ccccc21. The van der Waals surface area contributed by atoms with Gasteiger partial charge in [0.2, 0.25) is 0 Å². The number of para-hydroxylation sites is 3. The van der Waals surface area contributed by atoms with E-state index < -0.39 is 0 Å². The first kappa shape index (κ1) is 17.9. The molecule has 3 aromatic carbocycles. The Morgan fingerprint density at radius 1 is 0.750 bits per heavy atom. The highest BCUT2D eigenvalue weighted by molar-refractivity contribution is 5.81. The molecule has 0 saturated carbocycles. The number of benzene rings is 3. The molecule has 0 radical (unpaired) electrons. The van der Waals surface area contributed by atoms with Gasteiger partial charge in [0.15, 0.2) is 11.5 Å². The third-order valence-electron chi connectivity index (χ3n) is 4.82. The van der Waals surface area contributed by atoms with Gasteiger partial charge in [0, 0.05) is 11.1 Å². The summed E-state index contributed by atoms with van der Waals surface area (Å²) >= 11 is 0. The standard InChI is InChI=1S/C23H22N2O3/c1-26-20-11-7-4-8-17(20)15-25-19-10-6-5-9-18(19)24-23(25)16-12-13-21(27-2)22(14-16)28-3/h4-14H,15H2,1-3H3. The third kappa shape index (κ3) is 3.16. The molecule has 1 heterocycles. The second kappa shape index (κ2) is 7.64. The molecular weight excluding hydrogens is 352 g/mol. The van der Waals surface area contributed by atoms with Gasteiger partial charge in [-0.2, -0.15) is 0 Å². The van der Waals surface area contributed by atoms with Gasteiger partial charge in [0.1, 0.15) is 11.6 Å². The van der Waals surface area contributed by atoms with Gasteiger partial charge in [-0.05, 0) is 36.4 Å². The number of hydrogen-bond acceptors (Lipinski definition) is 4. The van der Waals surface area contributed by atoms with Gasteiger partial charge in [-0.15, -0.1) is 0 Å². The Hall–Kier alpha value is -3.47. The fourth-order valence-corrected chi connectivity index (χ4v) is 3.44. The van der Waals surface area contributed by atoms with Crippen LogP contribution in [0.2, 0.25) is 0 Å². The highest BCUT2D eigenvalue weighted by Crippen LogP contribution is 2.34. The number of ether oxygens (including phenoxy) is 3. The van der Waals surface area contributed by atoms with Crippen LogP contribution in [0.4, 0.5) is 0 Å². The zero-order valence-corrected chi connectivity index (χ0v) is 16.2. The number of nitrogens with zero attached hydrogens (tertiary/aromatic N) is 2. The minimum Gasteiger partial charge on any atom is -0.496 e. The van der Waals surface area contributed by atoms with Crippen LogP contribution in [0.1, 0.15) is 5.56 Å². The average molecular weight is 374 g/mol. The summed E-state index contributed by atoms with van der Waals surface area (Å²) in [7, 11) is 4.97. The molecule has 0 aliphatic heterocycles. The van der Waals surface area contributed by atoms with E-state index in [4.69, 9.17) is 19.2 Å². The van der Waals surface area contributed by atoms with E-state index in [2.05, 4.69) is 16.7 Å². The first-order chi connectivity index (χ1) is 13.7.